The Bertz CT molecular complexity index is 121. The van der Waals surface area contributed by atoms with Gasteiger partial charge in [0.05, 0.1) is 0 Å². The van der Waals surface area contributed by atoms with Crippen molar-refractivity contribution in [2.45, 2.75) is 12.8 Å². The first-order valence-corrected chi connectivity index (χ1v) is 6.45. The molecular formula is C10H22O4S. The molecule has 0 aromatic heterocycles. The Balaban J connectivity index is 3.55. The number of rotatable bonds is 10. The average Bonchev–Trinajstić information content (AvgIpc) is 2.26. The smallest absolute Gasteiger partial charge is 0.0468 e. The van der Waals surface area contributed by atoms with Crippen LogP contribution in [0.1, 0.15) is 12.8 Å². The molecule has 0 bridgehead atoms. The highest BCUT2D eigenvalue weighted by Crippen LogP contribution is 2.16. The molecule has 0 spiro atoms. The van der Waals surface area contributed by atoms with Gasteiger partial charge < -0.3 is 20.4 Å². The molecule has 2 unspecified atom stereocenters. The Morgan fingerprint density at radius 1 is 0.733 bits per heavy atom. The van der Waals surface area contributed by atoms with Gasteiger partial charge >= 0.3 is 0 Å². The lowest BCUT2D eigenvalue weighted by Gasteiger charge is -2.15. The molecule has 0 heterocycles. The molecule has 15 heavy (non-hydrogen) atoms. The zero-order valence-electron chi connectivity index (χ0n) is 9.01. The van der Waals surface area contributed by atoms with Crippen LogP contribution in [-0.2, 0) is 0 Å². The molecular weight excluding hydrogens is 216 g/mol. The number of aliphatic hydroxyl groups excluding tert-OH is 4. The second kappa shape index (κ2) is 10.7. The van der Waals surface area contributed by atoms with E-state index in [1.54, 1.807) is 11.8 Å². The predicted octanol–water partition coefficient (Wildman–Crippen LogP) is -0.299. The lowest BCUT2D eigenvalue weighted by molar-refractivity contribution is 0.193. The quantitative estimate of drug-likeness (QED) is 0.420. The van der Waals surface area contributed by atoms with Crippen LogP contribution in [0.5, 0.6) is 0 Å². The Kier molecular flexibility index (Phi) is 10.8. The van der Waals surface area contributed by atoms with Crippen LogP contribution < -0.4 is 0 Å². The minimum atomic E-state index is 0.0946. The molecule has 2 atom stereocenters. The number of thioether (sulfide) groups is 1. The topological polar surface area (TPSA) is 80.9 Å². The fraction of sp³-hybridized carbons (Fsp3) is 1.00. The summed E-state index contributed by atoms with van der Waals surface area (Å²) in [4.78, 5) is 0. The monoisotopic (exact) mass is 238 g/mol. The van der Waals surface area contributed by atoms with Gasteiger partial charge in [0, 0.05) is 26.4 Å². The maximum atomic E-state index is 8.97. The van der Waals surface area contributed by atoms with E-state index in [0.717, 1.165) is 11.5 Å². The van der Waals surface area contributed by atoms with Crippen LogP contribution in [0, 0.1) is 11.8 Å². The van der Waals surface area contributed by atoms with Gasteiger partial charge in [-0.3, -0.25) is 0 Å². The van der Waals surface area contributed by atoms with Crippen molar-refractivity contribution < 1.29 is 20.4 Å². The number of hydrogen-bond donors (Lipinski definition) is 4. The first-order chi connectivity index (χ1) is 7.28. The molecule has 0 saturated heterocycles. The second-order valence-electron chi connectivity index (χ2n) is 3.66. The van der Waals surface area contributed by atoms with Crippen molar-refractivity contribution in [2.75, 3.05) is 37.9 Å². The molecule has 4 nitrogen and oxygen atoms in total. The van der Waals surface area contributed by atoms with E-state index in [1.807, 2.05) is 0 Å². The summed E-state index contributed by atoms with van der Waals surface area (Å²) in [6.45, 7) is 0.395. The third-order valence-electron chi connectivity index (χ3n) is 2.30. The second-order valence-corrected chi connectivity index (χ2v) is 4.73. The minimum absolute atomic E-state index is 0.0946. The highest BCUT2D eigenvalue weighted by atomic mass is 32.2. The minimum Gasteiger partial charge on any atom is -0.396 e. The molecule has 0 aromatic rings. The van der Waals surface area contributed by atoms with Crippen LogP contribution in [0.4, 0.5) is 0 Å². The zero-order valence-corrected chi connectivity index (χ0v) is 9.83. The third kappa shape index (κ3) is 8.04. The summed E-state index contributed by atoms with van der Waals surface area (Å²) in [7, 11) is 0. The maximum Gasteiger partial charge on any atom is 0.0468 e. The summed E-state index contributed by atoms with van der Waals surface area (Å²) in [5.74, 6) is 1.85. The molecule has 4 N–H and O–H groups in total. The van der Waals surface area contributed by atoms with Gasteiger partial charge in [-0.05, 0) is 36.2 Å². The molecule has 0 aliphatic carbocycles. The first-order valence-electron chi connectivity index (χ1n) is 5.29. The van der Waals surface area contributed by atoms with E-state index in [4.69, 9.17) is 20.4 Å². The van der Waals surface area contributed by atoms with E-state index in [-0.39, 0.29) is 38.3 Å². The first kappa shape index (κ1) is 15.2. The largest absolute Gasteiger partial charge is 0.396 e. The lowest BCUT2D eigenvalue weighted by Crippen LogP contribution is -2.15. The Morgan fingerprint density at radius 3 is 1.40 bits per heavy atom. The molecule has 0 rings (SSSR count). The summed E-state index contributed by atoms with van der Waals surface area (Å²) >= 11 is 1.66. The Labute approximate surface area is 95.3 Å². The van der Waals surface area contributed by atoms with E-state index in [9.17, 15) is 0 Å². The highest BCUT2D eigenvalue weighted by molar-refractivity contribution is 7.99. The maximum absolute atomic E-state index is 8.97. The molecule has 0 saturated carbocycles. The van der Waals surface area contributed by atoms with Crippen molar-refractivity contribution in [1.82, 2.24) is 0 Å². The highest BCUT2D eigenvalue weighted by Gasteiger charge is 2.10. The van der Waals surface area contributed by atoms with Gasteiger partial charge in [0.1, 0.15) is 0 Å². The van der Waals surface area contributed by atoms with Crippen molar-refractivity contribution in [3.63, 3.8) is 0 Å². The Hall–Kier alpha value is 0.190. The van der Waals surface area contributed by atoms with Crippen LogP contribution in [0.3, 0.4) is 0 Å². The van der Waals surface area contributed by atoms with Gasteiger partial charge in [-0.15, -0.1) is 0 Å². The van der Waals surface area contributed by atoms with Crippen molar-refractivity contribution in [3.05, 3.63) is 0 Å². The third-order valence-corrected chi connectivity index (χ3v) is 3.71. The van der Waals surface area contributed by atoms with Crippen LogP contribution in [0.25, 0.3) is 0 Å². The van der Waals surface area contributed by atoms with Gasteiger partial charge in [0.15, 0.2) is 0 Å². The van der Waals surface area contributed by atoms with Crippen molar-refractivity contribution in [2.24, 2.45) is 11.8 Å². The predicted molar refractivity (Wildman–Crippen MR) is 61.9 cm³/mol. The fourth-order valence-corrected chi connectivity index (χ4v) is 2.57. The summed E-state index contributed by atoms with van der Waals surface area (Å²) < 4.78 is 0. The van der Waals surface area contributed by atoms with Gasteiger partial charge in [-0.2, -0.15) is 11.8 Å². The SMILES string of the molecule is OCCC(CO)CSCC(CO)CCO. The number of hydrogen-bond acceptors (Lipinski definition) is 5. The summed E-state index contributed by atoms with van der Waals surface area (Å²) in [5, 5.41) is 35.4. The van der Waals surface area contributed by atoms with E-state index in [0.29, 0.717) is 12.8 Å². The van der Waals surface area contributed by atoms with Gasteiger partial charge in [-0.1, -0.05) is 0 Å². The van der Waals surface area contributed by atoms with Gasteiger partial charge in [-0.25, -0.2) is 0 Å². The molecule has 92 valence electrons. The molecule has 0 radical (unpaired) electrons. The normalized spacial score (nSPS) is 15.2. The van der Waals surface area contributed by atoms with Crippen LogP contribution in [0.2, 0.25) is 0 Å². The molecule has 0 amide bonds. The summed E-state index contributed by atoms with van der Waals surface area (Å²) in [6, 6.07) is 0. The van der Waals surface area contributed by atoms with Crippen molar-refractivity contribution >= 4 is 11.8 Å². The van der Waals surface area contributed by atoms with E-state index in [2.05, 4.69) is 0 Å². The molecule has 0 aromatic carbocycles. The summed E-state index contributed by atoms with van der Waals surface area (Å²) in [6.07, 6.45) is 1.24. The van der Waals surface area contributed by atoms with Crippen LogP contribution >= 0.6 is 11.8 Å². The van der Waals surface area contributed by atoms with E-state index < -0.39 is 0 Å². The van der Waals surface area contributed by atoms with Gasteiger partial charge in [0.2, 0.25) is 0 Å². The van der Waals surface area contributed by atoms with Crippen LogP contribution in [0.15, 0.2) is 0 Å². The summed E-state index contributed by atoms with van der Waals surface area (Å²) in [5.41, 5.74) is 0. The van der Waals surface area contributed by atoms with Gasteiger partial charge in [0.25, 0.3) is 0 Å². The average molecular weight is 238 g/mol. The molecule has 0 fully saturated rings. The zero-order chi connectivity index (χ0) is 11.5. The number of aliphatic hydroxyl groups is 4. The molecule has 5 heteroatoms. The Morgan fingerprint density at radius 2 is 1.13 bits per heavy atom. The van der Waals surface area contributed by atoms with E-state index in [1.165, 1.54) is 0 Å². The van der Waals surface area contributed by atoms with Crippen LogP contribution in [-0.4, -0.2) is 58.4 Å². The lowest BCUT2D eigenvalue weighted by atomic mass is 10.1. The standard InChI is InChI=1S/C10H22O4S/c11-3-1-9(5-13)7-15-8-10(6-14)2-4-12/h9-14H,1-8H2. The van der Waals surface area contributed by atoms with Crippen molar-refractivity contribution in [3.8, 4) is 0 Å². The molecule has 0 aliphatic rings. The molecule has 0 aliphatic heterocycles. The fourth-order valence-electron chi connectivity index (χ4n) is 1.22. The van der Waals surface area contributed by atoms with Crippen molar-refractivity contribution in [1.29, 1.82) is 0 Å². The van der Waals surface area contributed by atoms with E-state index >= 15 is 0 Å².